The number of benzene rings is 2. The van der Waals surface area contributed by atoms with Crippen LogP contribution in [0, 0.1) is 6.92 Å². The zero-order valence-corrected chi connectivity index (χ0v) is 13.4. The Morgan fingerprint density at radius 1 is 1.09 bits per heavy atom. The Balaban J connectivity index is 1.95. The van der Waals surface area contributed by atoms with Gasteiger partial charge < -0.3 is 0 Å². The topological polar surface area (TPSA) is 0 Å². The summed E-state index contributed by atoms with van der Waals surface area (Å²) in [5.41, 5.74) is 10.2. The Morgan fingerprint density at radius 3 is 2.50 bits per heavy atom. The van der Waals surface area contributed by atoms with Crippen molar-refractivity contribution >= 4 is 16.7 Å². The van der Waals surface area contributed by atoms with Crippen LogP contribution in [0.3, 0.4) is 0 Å². The van der Waals surface area contributed by atoms with E-state index in [-0.39, 0.29) is 0 Å². The monoisotopic (exact) mass is 286 g/mol. The molecule has 0 fully saturated rings. The molecule has 0 aliphatic heterocycles. The summed E-state index contributed by atoms with van der Waals surface area (Å²) in [7, 11) is 0. The van der Waals surface area contributed by atoms with Crippen molar-refractivity contribution in [3.05, 3.63) is 89.5 Å². The van der Waals surface area contributed by atoms with Gasteiger partial charge in [0.15, 0.2) is 0 Å². The summed E-state index contributed by atoms with van der Waals surface area (Å²) in [5.74, 6) is 0. The standard InChI is InChI=1S/C22H22/c1-5-15(2)18-9-11-19(12-10-18)20-13-17(4)21-8-6-7-16(3)22(21)14-20/h6-13H,2,4-5,14H2,1,3H3. The highest BCUT2D eigenvalue weighted by Crippen LogP contribution is 2.34. The largest absolute Gasteiger partial charge is 0.0952 e. The predicted octanol–water partition coefficient (Wildman–Crippen LogP) is 6.07. The van der Waals surface area contributed by atoms with Crippen molar-refractivity contribution in [2.75, 3.05) is 0 Å². The summed E-state index contributed by atoms with van der Waals surface area (Å²) in [6.45, 7) is 12.7. The van der Waals surface area contributed by atoms with Crippen molar-refractivity contribution in [3.8, 4) is 0 Å². The smallest absolute Gasteiger partial charge is 0.00108 e. The first-order chi connectivity index (χ1) is 10.6. The fourth-order valence-corrected chi connectivity index (χ4v) is 3.08. The molecule has 22 heavy (non-hydrogen) atoms. The number of rotatable bonds is 3. The molecule has 0 heteroatoms. The maximum Gasteiger partial charge on any atom is -0.00108 e. The average Bonchev–Trinajstić information content (AvgIpc) is 2.55. The number of fused-ring (bicyclic) bond motifs is 1. The van der Waals surface area contributed by atoms with Gasteiger partial charge in [0.25, 0.3) is 0 Å². The van der Waals surface area contributed by atoms with Gasteiger partial charge in [-0.25, -0.2) is 0 Å². The Morgan fingerprint density at radius 2 is 1.82 bits per heavy atom. The van der Waals surface area contributed by atoms with Crippen LogP contribution in [0.25, 0.3) is 16.7 Å². The summed E-state index contributed by atoms with van der Waals surface area (Å²) in [6, 6.07) is 15.2. The first-order valence-electron chi connectivity index (χ1n) is 7.87. The lowest BCUT2D eigenvalue weighted by atomic mass is 9.83. The molecule has 0 N–H and O–H groups in total. The van der Waals surface area contributed by atoms with Crippen LogP contribution in [0.2, 0.25) is 0 Å². The SMILES string of the molecule is C=C(CC)c1ccc(C2=CC(=C)c3cccc(C)c3C2)cc1. The second-order valence-electron chi connectivity index (χ2n) is 6.01. The molecular formula is C22H22. The highest BCUT2D eigenvalue weighted by molar-refractivity contribution is 5.89. The third-order valence-electron chi connectivity index (χ3n) is 4.56. The average molecular weight is 286 g/mol. The van der Waals surface area contributed by atoms with Gasteiger partial charge in [0.1, 0.15) is 0 Å². The Labute approximate surface area is 133 Å². The first-order valence-corrected chi connectivity index (χ1v) is 7.87. The van der Waals surface area contributed by atoms with E-state index < -0.39 is 0 Å². The van der Waals surface area contributed by atoms with E-state index in [4.69, 9.17) is 0 Å². The molecule has 0 saturated heterocycles. The molecule has 0 saturated carbocycles. The minimum Gasteiger partial charge on any atom is -0.0952 e. The van der Waals surface area contributed by atoms with E-state index in [9.17, 15) is 0 Å². The fraction of sp³-hybridized carbons (Fsp3) is 0.182. The Hall–Kier alpha value is -2.34. The molecule has 2 aromatic carbocycles. The predicted molar refractivity (Wildman–Crippen MR) is 97.7 cm³/mol. The van der Waals surface area contributed by atoms with Gasteiger partial charge >= 0.3 is 0 Å². The molecule has 2 aromatic rings. The summed E-state index contributed by atoms with van der Waals surface area (Å²) in [4.78, 5) is 0. The van der Waals surface area contributed by atoms with E-state index in [0.717, 1.165) is 18.4 Å². The van der Waals surface area contributed by atoms with Crippen LogP contribution < -0.4 is 0 Å². The fourth-order valence-electron chi connectivity index (χ4n) is 3.08. The summed E-state index contributed by atoms with van der Waals surface area (Å²) in [6.07, 6.45) is 4.20. The first kappa shape index (κ1) is 14.6. The van der Waals surface area contributed by atoms with E-state index in [1.165, 1.54) is 39.0 Å². The molecule has 0 heterocycles. The normalized spacial score (nSPS) is 13.5. The zero-order valence-electron chi connectivity index (χ0n) is 13.4. The van der Waals surface area contributed by atoms with Crippen molar-refractivity contribution in [1.29, 1.82) is 0 Å². The van der Waals surface area contributed by atoms with E-state index in [0.29, 0.717) is 0 Å². The van der Waals surface area contributed by atoms with Gasteiger partial charge in [-0.05, 0) is 64.3 Å². The van der Waals surface area contributed by atoms with E-state index in [1.54, 1.807) is 0 Å². The van der Waals surface area contributed by atoms with Crippen molar-refractivity contribution < 1.29 is 0 Å². The second-order valence-corrected chi connectivity index (χ2v) is 6.01. The molecular weight excluding hydrogens is 264 g/mol. The van der Waals surface area contributed by atoms with Crippen LogP contribution in [0.4, 0.5) is 0 Å². The quantitative estimate of drug-likeness (QED) is 0.642. The van der Waals surface area contributed by atoms with Crippen molar-refractivity contribution in [1.82, 2.24) is 0 Å². The van der Waals surface area contributed by atoms with E-state index in [1.807, 2.05) is 0 Å². The van der Waals surface area contributed by atoms with Gasteiger partial charge in [-0.2, -0.15) is 0 Å². The van der Waals surface area contributed by atoms with Gasteiger partial charge in [0.05, 0.1) is 0 Å². The Kier molecular flexibility index (Phi) is 3.85. The van der Waals surface area contributed by atoms with Gasteiger partial charge in [0.2, 0.25) is 0 Å². The van der Waals surface area contributed by atoms with Crippen LogP contribution in [-0.2, 0) is 6.42 Å². The number of hydrogen-bond donors (Lipinski definition) is 0. The van der Waals surface area contributed by atoms with Crippen molar-refractivity contribution in [2.24, 2.45) is 0 Å². The molecule has 0 nitrogen and oxygen atoms in total. The van der Waals surface area contributed by atoms with E-state index in [2.05, 4.69) is 75.5 Å². The molecule has 0 aromatic heterocycles. The highest BCUT2D eigenvalue weighted by Gasteiger charge is 2.16. The van der Waals surface area contributed by atoms with Crippen LogP contribution >= 0.6 is 0 Å². The van der Waals surface area contributed by atoms with Gasteiger partial charge in [-0.3, -0.25) is 0 Å². The summed E-state index contributed by atoms with van der Waals surface area (Å²) in [5, 5.41) is 0. The molecule has 1 aliphatic carbocycles. The van der Waals surface area contributed by atoms with Gasteiger partial charge in [0, 0.05) is 0 Å². The third-order valence-corrected chi connectivity index (χ3v) is 4.56. The minimum absolute atomic E-state index is 0.981. The molecule has 3 rings (SSSR count). The zero-order chi connectivity index (χ0) is 15.7. The molecule has 0 bridgehead atoms. The molecule has 0 atom stereocenters. The van der Waals surface area contributed by atoms with Crippen molar-refractivity contribution in [2.45, 2.75) is 26.7 Å². The lowest BCUT2D eigenvalue weighted by Crippen LogP contribution is -2.04. The van der Waals surface area contributed by atoms with Crippen LogP contribution in [-0.4, -0.2) is 0 Å². The van der Waals surface area contributed by atoms with Crippen LogP contribution in [0.5, 0.6) is 0 Å². The molecule has 0 amide bonds. The van der Waals surface area contributed by atoms with Crippen LogP contribution in [0.15, 0.2) is 61.7 Å². The summed E-state index contributed by atoms with van der Waals surface area (Å²) < 4.78 is 0. The second kappa shape index (κ2) is 5.81. The third kappa shape index (κ3) is 2.57. The number of aryl methyl sites for hydroxylation is 1. The maximum atomic E-state index is 4.24. The molecule has 0 unspecified atom stereocenters. The van der Waals surface area contributed by atoms with Gasteiger partial charge in [-0.1, -0.05) is 68.6 Å². The van der Waals surface area contributed by atoms with Crippen LogP contribution in [0.1, 0.15) is 41.2 Å². The molecule has 0 radical (unpaired) electrons. The van der Waals surface area contributed by atoms with E-state index >= 15 is 0 Å². The Bertz CT molecular complexity index is 770. The summed E-state index contributed by atoms with van der Waals surface area (Å²) >= 11 is 0. The van der Waals surface area contributed by atoms with Crippen molar-refractivity contribution in [3.63, 3.8) is 0 Å². The number of allylic oxidation sites excluding steroid dienone is 4. The molecule has 0 spiro atoms. The molecule has 1 aliphatic rings. The highest BCUT2D eigenvalue weighted by atomic mass is 14.2. The lowest BCUT2D eigenvalue weighted by molar-refractivity contribution is 1.19. The molecule has 110 valence electrons. The lowest BCUT2D eigenvalue weighted by Gasteiger charge is -2.21. The van der Waals surface area contributed by atoms with Gasteiger partial charge in [-0.15, -0.1) is 0 Å². The minimum atomic E-state index is 0.981. The number of hydrogen-bond acceptors (Lipinski definition) is 0. The maximum absolute atomic E-state index is 4.24.